The van der Waals surface area contributed by atoms with Gasteiger partial charge in [-0.2, -0.15) is 0 Å². The second-order valence-electron chi connectivity index (χ2n) is 6.16. The molecule has 0 aliphatic carbocycles. The molecule has 1 aliphatic heterocycles. The second kappa shape index (κ2) is 7.03. The minimum absolute atomic E-state index is 0.119. The molecule has 0 aromatic heterocycles. The van der Waals surface area contributed by atoms with Gasteiger partial charge in [-0.3, -0.25) is 4.90 Å². The Bertz CT molecular complexity index is 612. The quantitative estimate of drug-likeness (QED) is 0.933. The van der Waals surface area contributed by atoms with Gasteiger partial charge in [-0.15, -0.1) is 0 Å². The Morgan fingerprint density at radius 3 is 2.73 bits per heavy atom. The Hall–Kier alpha value is -1.71. The van der Waals surface area contributed by atoms with Crippen LogP contribution in [0.4, 0.5) is 4.39 Å². The Balaban J connectivity index is 1.59. The van der Waals surface area contributed by atoms with Crippen LogP contribution in [-0.4, -0.2) is 30.6 Å². The van der Waals surface area contributed by atoms with Crippen LogP contribution >= 0.6 is 0 Å². The predicted molar refractivity (Wildman–Crippen MR) is 88.4 cm³/mol. The average molecular weight is 298 g/mol. The molecule has 1 heterocycles. The molecule has 0 unspecified atom stereocenters. The first-order chi connectivity index (χ1) is 10.7. The minimum Gasteiger partial charge on any atom is -0.311 e. The van der Waals surface area contributed by atoms with Crippen molar-refractivity contribution in [2.24, 2.45) is 0 Å². The molecule has 1 N–H and O–H groups in total. The van der Waals surface area contributed by atoms with Crippen molar-refractivity contribution >= 4 is 0 Å². The van der Waals surface area contributed by atoms with Gasteiger partial charge in [-0.05, 0) is 36.1 Å². The van der Waals surface area contributed by atoms with Gasteiger partial charge in [0.25, 0.3) is 0 Å². The number of benzene rings is 2. The number of hydrogen-bond acceptors (Lipinski definition) is 2. The van der Waals surface area contributed by atoms with Crippen LogP contribution in [0.5, 0.6) is 0 Å². The summed E-state index contributed by atoms with van der Waals surface area (Å²) in [5.41, 5.74) is 3.30. The first kappa shape index (κ1) is 15.2. The molecule has 1 aliphatic rings. The van der Waals surface area contributed by atoms with Gasteiger partial charge in [0.15, 0.2) is 0 Å². The molecular weight excluding hydrogens is 275 g/mol. The van der Waals surface area contributed by atoms with Gasteiger partial charge >= 0.3 is 0 Å². The molecule has 2 nitrogen and oxygen atoms in total. The monoisotopic (exact) mass is 298 g/mol. The van der Waals surface area contributed by atoms with Crippen LogP contribution in [0.15, 0.2) is 48.5 Å². The van der Waals surface area contributed by atoms with E-state index in [1.165, 1.54) is 11.1 Å². The van der Waals surface area contributed by atoms with E-state index in [1.54, 1.807) is 6.07 Å². The van der Waals surface area contributed by atoms with Crippen LogP contribution < -0.4 is 5.32 Å². The molecule has 0 amide bonds. The molecule has 0 radical (unpaired) electrons. The lowest BCUT2D eigenvalue weighted by molar-refractivity contribution is 0.192. The molecule has 1 atom stereocenters. The van der Waals surface area contributed by atoms with Crippen molar-refractivity contribution in [2.75, 3.05) is 19.6 Å². The van der Waals surface area contributed by atoms with E-state index in [0.717, 1.165) is 38.2 Å². The van der Waals surface area contributed by atoms with E-state index in [0.29, 0.717) is 6.04 Å². The largest absolute Gasteiger partial charge is 0.311 e. The van der Waals surface area contributed by atoms with Gasteiger partial charge in [0, 0.05) is 32.2 Å². The number of rotatable bonds is 4. The number of nitrogens with one attached hydrogen (secondary N) is 1. The minimum atomic E-state index is -0.119. The number of piperazine rings is 1. The molecular formula is C19H23FN2. The molecule has 2 aromatic rings. The van der Waals surface area contributed by atoms with Gasteiger partial charge in [0.05, 0.1) is 0 Å². The van der Waals surface area contributed by atoms with Crippen molar-refractivity contribution < 1.29 is 4.39 Å². The van der Waals surface area contributed by atoms with Crippen LogP contribution in [0.3, 0.4) is 0 Å². The van der Waals surface area contributed by atoms with Crippen LogP contribution in [0.1, 0.15) is 16.7 Å². The molecule has 3 heteroatoms. The number of nitrogens with zero attached hydrogens (tertiary/aromatic N) is 1. The Labute approximate surface area is 132 Å². The predicted octanol–water partition coefficient (Wildman–Crippen LogP) is 3.15. The maximum Gasteiger partial charge on any atom is 0.126 e. The van der Waals surface area contributed by atoms with E-state index in [-0.39, 0.29) is 5.82 Å². The molecule has 2 aromatic carbocycles. The molecule has 22 heavy (non-hydrogen) atoms. The lowest BCUT2D eigenvalue weighted by Gasteiger charge is -2.34. The van der Waals surface area contributed by atoms with E-state index < -0.39 is 0 Å². The molecule has 0 bridgehead atoms. The summed E-state index contributed by atoms with van der Waals surface area (Å²) in [7, 11) is 0. The summed E-state index contributed by atoms with van der Waals surface area (Å²) in [6, 6.07) is 16.5. The Kier molecular flexibility index (Phi) is 4.86. The van der Waals surface area contributed by atoms with Crippen molar-refractivity contribution in [3.63, 3.8) is 0 Å². The topological polar surface area (TPSA) is 15.3 Å². The Morgan fingerprint density at radius 2 is 1.95 bits per heavy atom. The molecule has 116 valence electrons. The summed E-state index contributed by atoms with van der Waals surface area (Å²) in [5, 5.41) is 3.58. The van der Waals surface area contributed by atoms with Gasteiger partial charge in [-0.25, -0.2) is 4.39 Å². The lowest BCUT2D eigenvalue weighted by Crippen LogP contribution is -2.51. The highest BCUT2D eigenvalue weighted by Gasteiger charge is 2.19. The lowest BCUT2D eigenvalue weighted by atomic mass is 10.0. The zero-order chi connectivity index (χ0) is 15.4. The van der Waals surface area contributed by atoms with E-state index in [1.807, 2.05) is 19.1 Å². The highest BCUT2D eigenvalue weighted by Crippen LogP contribution is 2.14. The highest BCUT2D eigenvalue weighted by atomic mass is 19.1. The third-order valence-corrected chi connectivity index (χ3v) is 4.29. The first-order valence-electron chi connectivity index (χ1n) is 7.95. The third kappa shape index (κ3) is 3.93. The molecule has 1 saturated heterocycles. The summed E-state index contributed by atoms with van der Waals surface area (Å²) in [6.07, 6.45) is 0.951. The summed E-state index contributed by atoms with van der Waals surface area (Å²) >= 11 is 0. The third-order valence-electron chi connectivity index (χ3n) is 4.29. The SMILES string of the molecule is Cc1cc(C[C@@H]2CN(Cc3ccccc3)CCN2)ccc1F. The standard InChI is InChI=1S/C19H23FN2/c1-15-11-17(7-8-19(15)20)12-18-14-22(10-9-21-18)13-16-5-3-2-4-6-16/h2-8,11,18,21H,9-10,12-14H2,1H3/t18-/m1/s1. The fraction of sp³-hybridized carbons (Fsp3) is 0.368. The number of hydrogen-bond donors (Lipinski definition) is 1. The van der Waals surface area contributed by atoms with Crippen molar-refractivity contribution in [1.82, 2.24) is 10.2 Å². The van der Waals surface area contributed by atoms with Crippen molar-refractivity contribution in [3.8, 4) is 0 Å². The number of aryl methyl sites for hydroxylation is 1. The van der Waals surface area contributed by atoms with E-state index >= 15 is 0 Å². The van der Waals surface area contributed by atoms with E-state index in [2.05, 4.69) is 40.5 Å². The van der Waals surface area contributed by atoms with Crippen LogP contribution in [0, 0.1) is 12.7 Å². The molecule has 0 spiro atoms. The fourth-order valence-electron chi connectivity index (χ4n) is 3.13. The normalized spacial score (nSPS) is 19.3. The summed E-state index contributed by atoms with van der Waals surface area (Å²) in [6.45, 7) is 5.95. The highest BCUT2D eigenvalue weighted by molar-refractivity contribution is 5.25. The second-order valence-corrected chi connectivity index (χ2v) is 6.16. The smallest absolute Gasteiger partial charge is 0.126 e. The molecule has 1 fully saturated rings. The summed E-state index contributed by atoms with van der Waals surface area (Å²) in [4.78, 5) is 2.49. The van der Waals surface area contributed by atoms with Gasteiger partial charge in [0.1, 0.15) is 5.82 Å². The van der Waals surface area contributed by atoms with Crippen molar-refractivity contribution in [3.05, 3.63) is 71.0 Å². The molecule has 0 saturated carbocycles. The maximum atomic E-state index is 13.4. The molecule has 3 rings (SSSR count). The first-order valence-corrected chi connectivity index (χ1v) is 7.95. The number of halogens is 1. The Morgan fingerprint density at radius 1 is 1.14 bits per heavy atom. The van der Waals surface area contributed by atoms with E-state index in [4.69, 9.17) is 0 Å². The van der Waals surface area contributed by atoms with E-state index in [9.17, 15) is 4.39 Å². The van der Waals surface area contributed by atoms with Gasteiger partial charge in [0.2, 0.25) is 0 Å². The summed E-state index contributed by atoms with van der Waals surface area (Å²) in [5.74, 6) is -0.119. The summed E-state index contributed by atoms with van der Waals surface area (Å²) < 4.78 is 13.4. The van der Waals surface area contributed by atoms with Crippen LogP contribution in [0.25, 0.3) is 0 Å². The van der Waals surface area contributed by atoms with Crippen LogP contribution in [0.2, 0.25) is 0 Å². The van der Waals surface area contributed by atoms with Crippen molar-refractivity contribution in [2.45, 2.75) is 25.9 Å². The van der Waals surface area contributed by atoms with Crippen molar-refractivity contribution in [1.29, 1.82) is 0 Å². The zero-order valence-corrected chi connectivity index (χ0v) is 13.1. The van der Waals surface area contributed by atoms with Crippen LogP contribution in [-0.2, 0) is 13.0 Å². The van der Waals surface area contributed by atoms with Gasteiger partial charge < -0.3 is 5.32 Å². The maximum absolute atomic E-state index is 13.4. The zero-order valence-electron chi connectivity index (χ0n) is 13.1. The fourth-order valence-corrected chi connectivity index (χ4v) is 3.13. The average Bonchev–Trinajstić information content (AvgIpc) is 2.52. The van der Waals surface area contributed by atoms with Gasteiger partial charge in [-0.1, -0.05) is 42.5 Å².